The lowest BCUT2D eigenvalue weighted by molar-refractivity contribution is -0.117. The Morgan fingerprint density at radius 2 is 1.96 bits per heavy atom. The molecule has 3 heterocycles. The summed E-state index contributed by atoms with van der Waals surface area (Å²) in [6.07, 6.45) is 3.32. The van der Waals surface area contributed by atoms with Crippen molar-refractivity contribution in [3.63, 3.8) is 0 Å². The summed E-state index contributed by atoms with van der Waals surface area (Å²) in [5.41, 5.74) is 3.50. The minimum Gasteiger partial charge on any atom is -0.321 e. The number of amides is 2. The molecular weight excluding hydrogens is 316 g/mol. The number of aromatic nitrogens is 2. The fraction of sp³-hybridized carbons (Fsp3) is 0.211. The maximum atomic E-state index is 12.7. The zero-order valence-corrected chi connectivity index (χ0v) is 13.9. The Balaban J connectivity index is 1.56. The molecule has 0 saturated carbocycles. The van der Waals surface area contributed by atoms with E-state index in [4.69, 9.17) is 0 Å². The Labute approximate surface area is 145 Å². The van der Waals surface area contributed by atoms with E-state index in [9.17, 15) is 9.59 Å². The molecule has 0 radical (unpaired) electrons. The predicted octanol–water partition coefficient (Wildman–Crippen LogP) is 3.02. The van der Waals surface area contributed by atoms with E-state index in [1.807, 2.05) is 55.6 Å². The highest BCUT2D eigenvalue weighted by Crippen LogP contribution is 2.23. The van der Waals surface area contributed by atoms with Crippen LogP contribution in [-0.2, 0) is 4.79 Å². The molecule has 0 aliphatic carbocycles. The fourth-order valence-corrected chi connectivity index (χ4v) is 3.22. The van der Waals surface area contributed by atoms with Gasteiger partial charge in [-0.15, -0.1) is 0 Å². The van der Waals surface area contributed by atoms with E-state index in [0.29, 0.717) is 23.5 Å². The van der Waals surface area contributed by atoms with Crippen LogP contribution in [0.4, 0.5) is 11.4 Å². The number of carbonyl (C=O) groups is 2. The molecule has 25 heavy (non-hydrogen) atoms. The third kappa shape index (κ3) is 2.76. The van der Waals surface area contributed by atoms with Crippen LogP contribution in [0, 0.1) is 6.92 Å². The van der Waals surface area contributed by atoms with Gasteiger partial charge in [-0.2, -0.15) is 0 Å². The number of benzene rings is 1. The smallest absolute Gasteiger partial charge is 0.274 e. The summed E-state index contributed by atoms with van der Waals surface area (Å²) >= 11 is 0. The van der Waals surface area contributed by atoms with Crippen LogP contribution in [0.25, 0.3) is 5.65 Å². The first-order chi connectivity index (χ1) is 12.1. The van der Waals surface area contributed by atoms with E-state index in [1.54, 1.807) is 9.30 Å². The molecule has 6 heteroatoms. The summed E-state index contributed by atoms with van der Waals surface area (Å²) in [5, 5.41) is 2.90. The lowest BCUT2D eigenvalue weighted by Crippen LogP contribution is -2.23. The van der Waals surface area contributed by atoms with Gasteiger partial charge in [-0.25, -0.2) is 4.98 Å². The van der Waals surface area contributed by atoms with Gasteiger partial charge in [0.25, 0.3) is 5.91 Å². The van der Waals surface area contributed by atoms with E-state index in [2.05, 4.69) is 10.3 Å². The highest BCUT2D eigenvalue weighted by atomic mass is 16.2. The number of hydrogen-bond acceptors (Lipinski definition) is 3. The van der Waals surface area contributed by atoms with Crippen molar-refractivity contribution in [3.8, 4) is 0 Å². The van der Waals surface area contributed by atoms with Crippen molar-refractivity contribution in [1.82, 2.24) is 9.38 Å². The Morgan fingerprint density at radius 3 is 2.68 bits per heavy atom. The minimum atomic E-state index is -0.207. The Kier molecular flexibility index (Phi) is 3.72. The summed E-state index contributed by atoms with van der Waals surface area (Å²) in [7, 11) is 0. The largest absolute Gasteiger partial charge is 0.321 e. The molecule has 126 valence electrons. The molecule has 1 fully saturated rings. The molecule has 0 spiro atoms. The first kappa shape index (κ1) is 15.4. The van der Waals surface area contributed by atoms with Crippen molar-refractivity contribution < 1.29 is 9.59 Å². The highest BCUT2D eigenvalue weighted by Gasteiger charge is 2.21. The van der Waals surface area contributed by atoms with E-state index in [-0.39, 0.29) is 11.8 Å². The number of nitrogens with one attached hydrogen (secondary N) is 1. The molecule has 4 rings (SSSR count). The quantitative estimate of drug-likeness (QED) is 0.800. The number of aryl methyl sites for hydroxylation is 1. The van der Waals surface area contributed by atoms with Gasteiger partial charge in [0.05, 0.1) is 5.69 Å². The van der Waals surface area contributed by atoms with Crippen molar-refractivity contribution in [2.24, 2.45) is 0 Å². The van der Waals surface area contributed by atoms with Gasteiger partial charge in [0.1, 0.15) is 11.3 Å². The maximum absolute atomic E-state index is 12.7. The van der Waals surface area contributed by atoms with Crippen molar-refractivity contribution in [1.29, 1.82) is 0 Å². The molecular formula is C19H18N4O2. The van der Waals surface area contributed by atoms with Crippen molar-refractivity contribution >= 4 is 28.8 Å². The van der Waals surface area contributed by atoms with Crippen molar-refractivity contribution in [2.75, 3.05) is 16.8 Å². The first-order valence-electron chi connectivity index (χ1n) is 8.29. The lowest BCUT2D eigenvalue weighted by atomic mass is 10.2. The summed E-state index contributed by atoms with van der Waals surface area (Å²) in [6, 6.07) is 13.0. The molecule has 2 amide bonds. The molecule has 0 bridgehead atoms. The van der Waals surface area contributed by atoms with Gasteiger partial charge in [0, 0.05) is 30.5 Å². The van der Waals surface area contributed by atoms with E-state index in [0.717, 1.165) is 24.3 Å². The molecule has 0 unspecified atom stereocenters. The van der Waals surface area contributed by atoms with Crippen LogP contribution in [0.5, 0.6) is 0 Å². The number of rotatable bonds is 3. The molecule has 0 atom stereocenters. The zero-order valence-electron chi connectivity index (χ0n) is 13.9. The molecule has 1 aliphatic rings. The average Bonchev–Trinajstić information content (AvgIpc) is 3.17. The van der Waals surface area contributed by atoms with Gasteiger partial charge in [-0.1, -0.05) is 6.07 Å². The minimum absolute atomic E-state index is 0.151. The fourth-order valence-electron chi connectivity index (χ4n) is 3.22. The summed E-state index contributed by atoms with van der Waals surface area (Å²) in [4.78, 5) is 30.7. The summed E-state index contributed by atoms with van der Waals surface area (Å²) in [5.74, 6) is -0.0562. The van der Waals surface area contributed by atoms with Crippen LogP contribution >= 0.6 is 0 Å². The monoisotopic (exact) mass is 334 g/mol. The molecule has 1 aromatic carbocycles. The van der Waals surface area contributed by atoms with Crippen LogP contribution in [0.2, 0.25) is 0 Å². The van der Waals surface area contributed by atoms with Gasteiger partial charge in [-0.05, 0) is 49.7 Å². The van der Waals surface area contributed by atoms with Crippen LogP contribution < -0.4 is 10.2 Å². The number of hydrogen-bond donors (Lipinski definition) is 1. The third-order valence-corrected chi connectivity index (χ3v) is 4.43. The van der Waals surface area contributed by atoms with Crippen LogP contribution in [0.15, 0.2) is 48.7 Å². The van der Waals surface area contributed by atoms with Crippen molar-refractivity contribution in [2.45, 2.75) is 19.8 Å². The van der Waals surface area contributed by atoms with Gasteiger partial charge in [-0.3, -0.25) is 14.0 Å². The first-order valence-corrected chi connectivity index (χ1v) is 8.29. The Hall–Kier alpha value is -3.15. The number of pyridine rings is 1. The predicted molar refractivity (Wildman–Crippen MR) is 95.9 cm³/mol. The SMILES string of the molecule is Cc1nc2ccccn2c1C(=O)Nc1ccc(N2CCCC2=O)cc1. The molecule has 6 nitrogen and oxygen atoms in total. The van der Waals surface area contributed by atoms with Crippen LogP contribution in [-0.4, -0.2) is 27.7 Å². The van der Waals surface area contributed by atoms with Crippen LogP contribution in [0.1, 0.15) is 29.0 Å². The molecule has 1 N–H and O–H groups in total. The van der Waals surface area contributed by atoms with Gasteiger partial charge in [0.15, 0.2) is 0 Å². The molecule has 2 aromatic heterocycles. The normalized spacial score (nSPS) is 14.3. The highest BCUT2D eigenvalue weighted by molar-refractivity contribution is 6.04. The van der Waals surface area contributed by atoms with Gasteiger partial charge in [0.2, 0.25) is 5.91 Å². The van der Waals surface area contributed by atoms with Gasteiger partial charge >= 0.3 is 0 Å². The Bertz CT molecular complexity index is 959. The number of carbonyl (C=O) groups excluding carboxylic acids is 2. The van der Waals surface area contributed by atoms with E-state index < -0.39 is 0 Å². The number of fused-ring (bicyclic) bond motifs is 1. The molecule has 3 aromatic rings. The lowest BCUT2D eigenvalue weighted by Gasteiger charge is -2.16. The van der Waals surface area contributed by atoms with Gasteiger partial charge < -0.3 is 10.2 Å². The Morgan fingerprint density at radius 1 is 1.16 bits per heavy atom. The average molecular weight is 334 g/mol. The zero-order chi connectivity index (χ0) is 17.4. The maximum Gasteiger partial charge on any atom is 0.274 e. The second-order valence-electron chi connectivity index (χ2n) is 6.12. The third-order valence-electron chi connectivity index (χ3n) is 4.43. The summed E-state index contributed by atoms with van der Waals surface area (Å²) in [6.45, 7) is 2.58. The second-order valence-corrected chi connectivity index (χ2v) is 6.12. The second kappa shape index (κ2) is 6.05. The summed E-state index contributed by atoms with van der Waals surface area (Å²) < 4.78 is 1.78. The molecule has 1 saturated heterocycles. The standard InChI is InChI=1S/C19H18N4O2/c1-13-18(23-11-3-2-5-16(23)20-13)19(25)21-14-7-9-15(10-8-14)22-12-4-6-17(22)24/h2-3,5,7-11H,4,6,12H2,1H3,(H,21,25). The number of anilines is 2. The van der Waals surface area contributed by atoms with Crippen molar-refractivity contribution in [3.05, 3.63) is 60.0 Å². The number of imidazole rings is 1. The number of nitrogens with zero attached hydrogens (tertiary/aromatic N) is 3. The van der Waals surface area contributed by atoms with Crippen LogP contribution in [0.3, 0.4) is 0 Å². The van der Waals surface area contributed by atoms with E-state index >= 15 is 0 Å². The topological polar surface area (TPSA) is 66.7 Å². The van der Waals surface area contributed by atoms with E-state index in [1.165, 1.54) is 0 Å². The molecule has 1 aliphatic heterocycles.